The number of nitrogens with zero attached hydrogens (tertiary/aromatic N) is 2. The van der Waals surface area contributed by atoms with Gasteiger partial charge in [0.2, 0.25) is 0 Å². The molecule has 0 radical (unpaired) electrons. The molecule has 1 aliphatic carbocycles. The Hall–Kier alpha value is -2.72. The van der Waals surface area contributed by atoms with Crippen LogP contribution in [0.1, 0.15) is 68.7 Å². The monoisotopic (exact) mass is 463 g/mol. The molecule has 1 aliphatic rings. The van der Waals surface area contributed by atoms with E-state index in [2.05, 4.69) is 60.3 Å². The highest BCUT2D eigenvalue weighted by Crippen LogP contribution is 2.26. The Balaban J connectivity index is 1.51. The Morgan fingerprint density at radius 2 is 1.82 bits per heavy atom. The Bertz CT molecular complexity index is 1050. The summed E-state index contributed by atoms with van der Waals surface area (Å²) in [6.07, 6.45) is 7.83. The van der Waals surface area contributed by atoms with E-state index >= 15 is 0 Å². The van der Waals surface area contributed by atoms with Gasteiger partial charge in [-0.3, -0.25) is 0 Å². The number of benzene rings is 2. The van der Waals surface area contributed by atoms with Crippen molar-refractivity contribution in [2.75, 3.05) is 5.32 Å². The molecule has 0 atom stereocenters. The van der Waals surface area contributed by atoms with Crippen molar-refractivity contribution in [3.05, 3.63) is 88.7 Å². The van der Waals surface area contributed by atoms with Crippen LogP contribution in [-0.2, 0) is 13.1 Å². The van der Waals surface area contributed by atoms with Crippen LogP contribution in [0, 0.1) is 0 Å². The summed E-state index contributed by atoms with van der Waals surface area (Å²) in [7, 11) is 0. The first-order valence-electron chi connectivity index (χ1n) is 12.1. The number of nitrogens with one attached hydrogen (secondary N) is 1. The zero-order chi connectivity index (χ0) is 23.2. The third-order valence-electron chi connectivity index (χ3n) is 6.60. The molecule has 0 spiro atoms. The van der Waals surface area contributed by atoms with E-state index in [1.165, 1.54) is 24.8 Å². The van der Waals surface area contributed by atoms with E-state index in [1.807, 2.05) is 35.2 Å². The smallest absolute Gasteiger partial charge is 0.322 e. The van der Waals surface area contributed by atoms with Crippen LogP contribution in [0.15, 0.2) is 66.9 Å². The van der Waals surface area contributed by atoms with E-state index in [0.29, 0.717) is 12.5 Å². The average molecular weight is 464 g/mol. The normalized spacial score (nSPS) is 14.4. The van der Waals surface area contributed by atoms with Crippen molar-refractivity contribution in [3.8, 4) is 0 Å². The van der Waals surface area contributed by atoms with E-state index in [-0.39, 0.29) is 12.1 Å². The maximum atomic E-state index is 13.5. The molecule has 1 saturated carbocycles. The summed E-state index contributed by atoms with van der Waals surface area (Å²) in [6, 6.07) is 20.6. The summed E-state index contributed by atoms with van der Waals surface area (Å²) in [6.45, 7) is 5.68. The van der Waals surface area contributed by atoms with E-state index < -0.39 is 0 Å². The van der Waals surface area contributed by atoms with Crippen molar-refractivity contribution in [2.45, 2.75) is 71.0 Å². The van der Waals surface area contributed by atoms with Gasteiger partial charge in [-0.2, -0.15) is 0 Å². The lowest BCUT2D eigenvalue weighted by Gasteiger charge is -2.34. The van der Waals surface area contributed by atoms with Gasteiger partial charge in [0.1, 0.15) is 0 Å². The van der Waals surface area contributed by atoms with Crippen molar-refractivity contribution in [1.82, 2.24) is 9.47 Å². The van der Waals surface area contributed by atoms with Crippen LogP contribution in [0.25, 0.3) is 0 Å². The molecular formula is C28H34ClN3O. The van der Waals surface area contributed by atoms with Gasteiger partial charge in [0.25, 0.3) is 0 Å². The Morgan fingerprint density at radius 3 is 2.52 bits per heavy atom. The maximum Gasteiger partial charge on any atom is 0.322 e. The zero-order valence-electron chi connectivity index (χ0n) is 19.6. The Kier molecular flexibility index (Phi) is 7.77. The molecule has 2 aromatic carbocycles. The molecule has 2 amide bonds. The molecule has 4 rings (SSSR count). The van der Waals surface area contributed by atoms with Gasteiger partial charge in [-0.1, -0.05) is 69.0 Å². The van der Waals surface area contributed by atoms with Crippen molar-refractivity contribution in [2.24, 2.45) is 0 Å². The summed E-state index contributed by atoms with van der Waals surface area (Å²) >= 11 is 6.19. The van der Waals surface area contributed by atoms with Gasteiger partial charge in [-0.15, -0.1) is 0 Å². The Morgan fingerprint density at radius 1 is 1.06 bits per heavy atom. The summed E-state index contributed by atoms with van der Waals surface area (Å²) in [5.74, 6) is 0.473. The highest BCUT2D eigenvalue weighted by molar-refractivity contribution is 6.30. The highest BCUT2D eigenvalue weighted by Gasteiger charge is 2.26. The lowest BCUT2D eigenvalue weighted by atomic mass is 9.94. The van der Waals surface area contributed by atoms with Crippen LogP contribution < -0.4 is 5.32 Å². The maximum absolute atomic E-state index is 13.5. The minimum atomic E-state index is -0.0188. The third kappa shape index (κ3) is 6.20. The van der Waals surface area contributed by atoms with Crippen molar-refractivity contribution < 1.29 is 4.79 Å². The molecule has 174 valence electrons. The minimum Gasteiger partial charge on any atom is -0.345 e. The fourth-order valence-electron chi connectivity index (χ4n) is 4.66. The highest BCUT2D eigenvalue weighted by atomic mass is 35.5. The topological polar surface area (TPSA) is 37.3 Å². The van der Waals surface area contributed by atoms with Crippen LogP contribution in [0.5, 0.6) is 0 Å². The first-order chi connectivity index (χ1) is 16.0. The predicted molar refractivity (Wildman–Crippen MR) is 137 cm³/mol. The molecule has 0 unspecified atom stereocenters. The molecule has 1 fully saturated rings. The van der Waals surface area contributed by atoms with Gasteiger partial charge in [0.05, 0.1) is 6.54 Å². The van der Waals surface area contributed by atoms with Crippen molar-refractivity contribution in [1.29, 1.82) is 0 Å². The lowest BCUT2D eigenvalue weighted by Crippen LogP contribution is -2.43. The Labute approximate surface area is 202 Å². The van der Waals surface area contributed by atoms with Gasteiger partial charge < -0.3 is 14.8 Å². The molecule has 1 heterocycles. The van der Waals surface area contributed by atoms with Gasteiger partial charge in [0.15, 0.2) is 0 Å². The standard InChI is InChI=1S/C28H34ClN3O/c1-21(2)23-13-15-25(16-14-23)30-28(33)32(26-10-4-3-5-11-26)20-27-12-7-17-31(27)19-22-8-6-9-24(29)18-22/h6-9,12-18,21,26H,3-5,10-11,19-20H2,1-2H3,(H,30,33). The van der Waals surface area contributed by atoms with E-state index in [0.717, 1.165) is 41.4 Å². The third-order valence-corrected chi connectivity index (χ3v) is 6.84. The summed E-state index contributed by atoms with van der Waals surface area (Å²) < 4.78 is 2.21. The van der Waals surface area contributed by atoms with Crippen molar-refractivity contribution >= 4 is 23.3 Å². The van der Waals surface area contributed by atoms with E-state index in [1.54, 1.807) is 0 Å². The summed E-state index contributed by atoms with van der Waals surface area (Å²) in [5, 5.41) is 3.90. The van der Waals surface area contributed by atoms with E-state index in [9.17, 15) is 4.79 Å². The van der Waals surface area contributed by atoms with Crippen LogP contribution >= 0.6 is 11.6 Å². The largest absolute Gasteiger partial charge is 0.345 e. The second kappa shape index (κ2) is 10.9. The van der Waals surface area contributed by atoms with Crippen LogP contribution in [0.3, 0.4) is 0 Å². The number of carbonyl (C=O) groups is 1. The minimum absolute atomic E-state index is 0.0188. The first kappa shape index (κ1) is 23.4. The molecule has 0 bridgehead atoms. The average Bonchev–Trinajstić information content (AvgIpc) is 3.25. The number of halogens is 1. The van der Waals surface area contributed by atoms with Crippen LogP contribution in [-0.4, -0.2) is 21.5 Å². The molecule has 33 heavy (non-hydrogen) atoms. The number of hydrogen-bond donors (Lipinski definition) is 1. The van der Waals surface area contributed by atoms with Gasteiger partial charge >= 0.3 is 6.03 Å². The van der Waals surface area contributed by atoms with Crippen LogP contribution in [0.2, 0.25) is 5.02 Å². The van der Waals surface area contributed by atoms with Gasteiger partial charge in [-0.25, -0.2) is 4.79 Å². The summed E-state index contributed by atoms with van der Waals surface area (Å²) in [5.41, 5.74) is 4.40. The van der Waals surface area contributed by atoms with Crippen LogP contribution in [0.4, 0.5) is 10.5 Å². The predicted octanol–water partition coefficient (Wildman–Crippen LogP) is 7.68. The number of anilines is 1. The number of aromatic nitrogens is 1. The van der Waals surface area contributed by atoms with Crippen molar-refractivity contribution in [3.63, 3.8) is 0 Å². The lowest BCUT2D eigenvalue weighted by molar-refractivity contribution is 0.161. The zero-order valence-corrected chi connectivity index (χ0v) is 20.4. The number of hydrogen-bond acceptors (Lipinski definition) is 1. The van der Waals surface area contributed by atoms with E-state index in [4.69, 9.17) is 11.6 Å². The summed E-state index contributed by atoms with van der Waals surface area (Å²) in [4.78, 5) is 15.5. The number of urea groups is 1. The fraction of sp³-hybridized carbons (Fsp3) is 0.393. The van der Waals surface area contributed by atoms with Gasteiger partial charge in [0, 0.05) is 35.2 Å². The second-order valence-electron chi connectivity index (χ2n) is 9.38. The molecule has 3 aromatic rings. The van der Waals surface area contributed by atoms with Gasteiger partial charge in [-0.05, 0) is 66.3 Å². The molecular weight excluding hydrogens is 430 g/mol. The molecule has 1 N–H and O–H groups in total. The SMILES string of the molecule is CC(C)c1ccc(NC(=O)N(Cc2cccn2Cc2cccc(Cl)c2)C2CCCCC2)cc1. The number of amides is 2. The molecule has 4 nitrogen and oxygen atoms in total. The molecule has 5 heteroatoms. The quantitative estimate of drug-likeness (QED) is 0.383. The molecule has 0 saturated heterocycles. The molecule has 0 aliphatic heterocycles. The first-order valence-corrected chi connectivity index (χ1v) is 12.4. The fourth-order valence-corrected chi connectivity index (χ4v) is 4.87. The number of rotatable bonds is 7. The number of carbonyl (C=O) groups excluding carboxylic acids is 1. The second-order valence-corrected chi connectivity index (χ2v) is 9.82. The molecule has 1 aromatic heterocycles.